The Bertz CT molecular complexity index is 702. The van der Waals surface area contributed by atoms with Crippen molar-refractivity contribution in [1.82, 2.24) is 4.72 Å². The summed E-state index contributed by atoms with van der Waals surface area (Å²) >= 11 is 0. The average molecular weight is 317 g/mol. The van der Waals surface area contributed by atoms with Crippen molar-refractivity contribution in [3.8, 4) is 0 Å². The summed E-state index contributed by atoms with van der Waals surface area (Å²) in [5, 5.41) is 0. The average Bonchev–Trinajstić information content (AvgIpc) is 2.55. The molecule has 0 aromatic heterocycles. The van der Waals surface area contributed by atoms with Crippen molar-refractivity contribution in [3.63, 3.8) is 0 Å². The summed E-state index contributed by atoms with van der Waals surface area (Å²) < 4.78 is 27.6. The molecule has 118 valence electrons. The third-order valence-electron chi connectivity index (χ3n) is 4.48. The smallest absolute Gasteiger partial charge is 0.211 e. The lowest BCUT2D eigenvalue weighted by atomic mass is 9.97. The maximum absolute atomic E-state index is 12.4. The summed E-state index contributed by atoms with van der Waals surface area (Å²) in [6.45, 7) is 0.507. The van der Waals surface area contributed by atoms with Crippen LogP contribution in [0, 0.1) is 0 Å². The zero-order valence-corrected chi connectivity index (χ0v) is 13.7. The highest BCUT2D eigenvalue weighted by Crippen LogP contribution is 2.26. The van der Waals surface area contributed by atoms with Gasteiger partial charge in [-0.3, -0.25) is 0 Å². The Morgan fingerprint density at radius 3 is 2.73 bits per heavy atom. The van der Waals surface area contributed by atoms with E-state index in [-0.39, 0.29) is 0 Å². The molecule has 0 amide bonds. The predicted octanol–water partition coefficient (Wildman–Crippen LogP) is 3.78. The van der Waals surface area contributed by atoms with E-state index < -0.39 is 10.0 Å². The number of fused-ring (bicyclic) bond motifs is 1. The van der Waals surface area contributed by atoms with Crippen molar-refractivity contribution in [1.29, 1.82) is 0 Å². The number of hydrogen-bond acceptors (Lipinski definition) is 2. The van der Waals surface area contributed by atoms with Crippen LogP contribution in [-0.2, 0) is 16.4 Å². The second-order valence-corrected chi connectivity index (χ2v) is 7.89. The molecule has 0 heterocycles. The molecular weight excluding hydrogens is 294 g/mol. The van der Waals surface area contributed by atoms with Crippen LogP contribution in [0.1, 0.15) is 49.7 Å². The normalized spacial score (nSPS) is 18.4. The lowest BCUT2D eigenvalue weighted by molar-refractivity contribution is 0.583. The number of rotatable bonds is 5. The molecule has 3 nitrogen and oxygen atoms in total. The highest BCUT2D eigenvalue weighted by molar-refractivity contribution is 7.93. The van der Waals surface area contributed by atoms with Crippen molar-refractivity contribution >= 4 is 16.1 Å². The molecule has 0 unspecified atom stereocenters. The molecule has 0 saturated carbocycles. The highest BCUT2D eigenvalue weighted by Gasteiger charge is 2.21. The molecule has 1 N–H and O–H groups in total. The largest absolute Gasteiger partial charge is 0.236 e. The second-order valence-electron chi connectivity index (χ2n) is 6.07. The number of aryl methyl sites for hydroxylation is 1. The lowest BCUT2D eigenvalue weighted by Crippen LogP contribution is -2.27. The minimum atomic E-state index is -3.34. The quantitative estimate of drug-likeness (QED) is 0.840. The lowest BCUT2D eigenvalue weighted by Gasteiger charge is -2.18. The van der Waals surface area contributed by atoms with Crippen molar-refractivity contribution in [2.24, 2.45) is 0 Å². The molecule has 3 rings (SSSR count). The van der Waals surface area contributed by atoms with Crippen molar-refractivity contribution in [2.45, 2.75) is 44.9 Å². The Hall–Kier alpha value is -1.39. The number of hydrogen-bond donors (Lipinski definition) is 1. The molecule has 4 heteroatoms. The summed E-state index contributed by atoms with van der Waals surface area (Å²) in [5.41, 5.74) is 3.66. The first-order chi connectivity index (χ1) is 10.6. The Morgan fingerprint density at radius 2 is 1.91 bits per heavy atom. The van der Waals surface area contributed by atoms with Gasteiger partial charge in [0.1, 0.15) is 0 Å². The highest BCUT2D eigenvalue weighted by atomic mass is 32.2. The zero-order chi connectivity index (χ0) is 15.4. The zero-order valence-electron chi connectivity index (χ0n) is 12.8. The maximum Gasteiger partial charge on any atom is 0.236 e. The number of nitrogens with one attached hydrogen (secondary N) is 1. The number of allylic oxidation sites excluding steroid dienone is 2. The molecule has 22 heavy (non-hydrogen) atoms. The molecule has 0 bridgehead atoms. The van der Waals surface area contributed by atoms with Gasteiger partial charge in [-0.2, -0.15) is 0 Å². The van der Waals surface area contributed by atoms with Gasteiger partial charge < -0.3 is 0 Å². The Morgan fingerprint density at radius 1 is 1.05 bits per heavy atom. The third-order valence-corrected chi connectivity index (χ3v) is 6.08. The summed E-state index contributed by atoms with van der Waals surface area (Å²) in [5.74, 6) is 0. The minimum Gasteiger partial charge on any atom is -0.211 e. The van der Waals surface area contributed by atoms with E-state index in [2.05, 4.69) is 16.9 Å². The van der Waals surface area contributed by atoms with Crippen LogP contribution in [-0.4, -0.2) is 15.0 Å². The van der Waals surface area contributed by atoms with Gasteiger partial charge in [-0.1, -0.05) is 35.9 Å². The first-order valence-electron chi connectivity index (χ1n) is 8.11. The SMILES string of the molecule is O=S(=O)(NCCC1=CCCCC1)C1=Cc2ccccc2CC1. The molecule has 1 aromatic rings. The van der Waals surface area contributed by atoms with Gasteiger partial charge in [0.15, 0.2) is 0 Å². The van der Waals surface area contributed by atoms with Gasteiger partial charge in [-0.05, 0) is 62.1 Å². The van der Waals surface area contributed by atoms with Crippen LogP contribution in [0.3, 0.4) is 0 Å². The predicted molar refractivity (Wildman–Crippen MR) is 90.8 cm³/mol. The van der Waals surface area contributed by atoms with Gasteiger partial charge >= 0.3 is 0 Å². The molecule has 0 radical (unpaired) electrons. The molecule has 2 aliphatic carbocycles. The van der Waals surface area contributed by atoms with Crippen LogP contribution in [0.25, 0.3) is 6.08 Å². The van der Waals surface area contributed by atoms with Gasteiger partial charge in [0.05, 0.1) is 4.91 Å². The fourth-order valence-corrected chi connectivity index (χ4v) is 4.40. The van der Waals surface area contributed by atoms with Crippen LogP contribution in [0.4, 0.5) is 0 Å². The molecule has 1 aromatic carbocycles. The summed E-state index contributed by atoms with van der Waals surface area (Å²) in [7, 11) is -3.34. The van der Waals surface area contributed by atoms with Gasteiger partial charge in [-0.25, -0.2) is 13.1 Å². The second kappa shape index (κ2) is 6.80. The van der Waals surface area contributed by atoms with E-state index in [0.717, 1.165) is 31.2 Å². The van der Waals surface area contributed by atoms with Crippen LogP contribution in [0.5, 0.6) is 0 Å². The van der Waals surface area contributed by atoms with E-state index in [4.69, 9.17) is 0 Å². The Kier molecular flexibility index (Phi) is 4.79. The van der Waals surface area contributed by atoms with Crippen LogP contribution < -0.4 is 4.72 Å². The number of sulfonamides is 1. The molecular formula is C18H23NO2S. The van der Waals surface area contributed by atoms with Gasteiger partial charge in [0, 0.05) is 6.54 Å². The molecule has 0 fully saturated rings. The van der Waals surface area contributed by atoms with E-state index in [1.807, 2.05) is 24.3 Å². The first kappa shape index (κ1) is 15.5. The Labute approximate surface area is 133 Å². The van der Waals surface area contributed by atoms with E-state index in [1.54, 1.807) is 0 Å². The topological polar surface area (TPSA) is 46.2 Å². The van der Waals surface area contributed by atoms with Gasteiger partial charge in [-0.15, -0.1) is 0 Å². The fourth-order valence-electron chi connectivity index (χ4n) is 3.19. The fraction of sp³-hybridized carbons (Fsp3) is 0.444. The Balaban J connectivity index is 1.64. The standard InChI is InChI=1S/C18H23NO2S/c20-22(21,19-13-12-15-6-2-1-3-7-15)18-11-10-16-8-4-5-9-17(16)14-18/h4-6,8-9,14,19H,1-3,7,10-13H2. The summed E-state index contributed by atoms with van der Waals surface area (Å²) in [4.78, 5) is 0.517. The van der Waals surface area contributed by atoms with E-state index in [9.17, 15) is 8.42 Å². The molecule has 0 atom stereocenters. The van der Waals surface area contributed by atoms with Gasteiger partial charge in [0.25, 0.3) is 0 Å². The summed E-state index contributed by atoms with van der Waals surface area (Å²) in [6, 6.07) is 8.01. The molecule has 2 aliphatic rings. The van der Waals surface area contributed by atoms with Crippen molar-refractivity contribution < 1.29 is 8.42 Å². The van der Waals surface area contributed by atoms with E-state index in [0.29, 0.717) is 17.9 Å². The molecule has 0 saturated heterocycles. The monoisotopic (exact) mass is 317 g/mol. The minimum absolute atomic E-state index is 0.507. The van der Waals surface area contributed by atoms with Crippen LogP contribution in [0.2, 0.25) is 0 Å². The maximum atomic E-state index is 12.4. The third kappa shape index (κ3) is 3.68. The van der Waals surface area contributed by atoms with Crippen LogP contribution >= 0.6 is 0 Å². The van der Waals surface area contributed by atoms with Crippen LogP contribution in [0.15, 0.2) is 40.8 Å². The first-order valence-corrected chi connectivity index (χ1v) is 9.59. The molecule has 0 aliphatic heterocycles. The van der Waals surface area contributed by atoms with E-state index in [1.165, 1.54) is 24.0 Å². The van der Waals surface area contributed by atoms with Gasteiger partial charge in [0.2, 0.25) is 10.0 Å². The molecule has 0 spiro atoms. The van der Waals surface area contributed by atoms with Crippen molar-refractivity contribution in [3.05, 3.63) is 51.9 Å². The van der Waals surface area contributed by atoms with Crippen molar-refractivity contribution in [2.75, 3.05) is 6.54 Å². The van der Waals surface area contributed by atoms with E-state index >= 15 is 0 Å². The number of benzene rings is 1. The summed E-state index contributed by atoms with van der Waals surface area (Å²) in [6.07, 6.45) is 11.1.